The Hall–Kier alpha value is -1.47. The molecule has 0 saturated carbocycles. The molecule has 2 fully saturated rings. The molecular weight excluding hydrogens is 292 g/mol. The van der Waals surface area contributed by atoms with E-state index in [9.17, 15) is 4.79 Å². The number of amides is 1. The van der Waals surface area contributed by atoms with Crippen molar-refractivity contribution in [2.75, 3.05) is 39.8 Å². The Kier molecular flexibility index (Phi) is 5.61. The number of nitrogens with zero attached hydrogens (tertiary/aromatic N) is 4. The number of carbonyl (C=O) groups excluding carboxylic acids is 1. The molecule has 0 aliphatic carbocycles. The van der Waals surface area contributed by atoms with Crippen LogP contribution in [0.25, 0.3) is 0 Å². The van der Waals surface area contributed by atoms with Gasteiger partial charge in [-0.2, -0.15) is 15.4 Å². The number of hydrogen-bond donors (Lipinski definition) is 2. The highest BCUT2D eigenvalue weighted by Gasteiger charge is 2.30. The van der Waals surface area contributed by atoms with Gasteiger partial charge in [0.15, 0.2) is 0 Å². The summed E-state index contributed by atoms with van der Waals surface area (Å²) < 4.78 is 0. The van der Waals surface area contributed by atoms with Crippen LogP contribution in [0.4, 0.5) is 0 Å². The third kappa shape index (κ3) is 4.51. The topological polar surface area (TPSA) is 77.1 Å². The van der Waals surface area contributed by atoms with Crippen molar-refractivity contribution in [1.82, 2.24) is 30.5 Å². The maximum absolute atomic E-state index is 12.4. The second-order valence-electron chi connectivity index (χ2n) is 6.87. The standard InChI is InChI=1S/C16H28N6O/c1-21-9-5-15(6-10-21)22-8-2-3-13(12-22)16(23)17-7-4-14-11-18-20-19-14/h11,13,15H,2-10,12H2,1H3,(H,17,23)(H,18,19,20). The predicted molar refractivity (Wildman–Crippen MR) is 87.9 cm³/mol. The molecule has 7 nitrogen and oxygen atoms in total. The minimum atomic E-state index is 0.140. The van der Waals surface area contributed by atoms with Crippen LogP contribution in [0.15, 0.2) is 6.20 Å². The molecule has 7 heteroatoms. The lowest BCUT2D eigenvalue weighted by atomic mass is 9.93. The van der Waals surface area contributed by atoms with Crippen LogP contribution in [0, 0.1) is 5.92 Å². The number of nitrogens with one attached hydrogen (secondary N) is 2. The first kappa shape index (κ1) is 16.4. The maximum Gasteiger partial charge on any atom is 0.224 e. The summed E-state index contributed by atoms with van der Waals surface area (Å²) in [6.45, 7) is 5.06. The van der Waals surface area contributed by atoms with Crippen molar-refractivity contribution in [3.63, 3.8) is 0 Å². The molecule has 0 spiro atoms. The van der Waals surface area contributed by atoms with E-state index in [0.717, 1.165) is 38.0 Å². The summed E-state index contributed by atoms with van der Waals surface area (Å²) in [7, 11) is 2.19. The number of likely N-dealkylation sites (tertiary alicyclic amines) is 2. The van der Waals surface area contributed by atoms with E-state index in [1.54, 1.807) is 6.20 Å². The number of H-pyrrole nitrogens is 1. The van der Waals surface area contributed by atoms with Crippen molar-refractivity contribution in [1.29, 1.82) is 0 Å². The molecule has 1 aromatic heterocycles. The number of hydrogen-bond acceptors (Lipinski definition) is 5. The van der Waals surface area contributed by atoms with Crippen molar-refractivity contribution < 1.29 is 4.79 Å². The van der Waals surface area contributed by atoms with Gasteiger partial charge >= 0.3 is 0 Å². The van der Waals surface area contributed by atoms with Gasteiger partial charge in [-0.15, -0.1) is 0 Å². The molecule has 0 radical (unpaired) electrons. The van der Waals surface area contributed by atoms with Crippen molar-refractivity contribution in [2.45, 2.75) is 38.1 Å². The van der Waals surface area contributed by atoms with Crippen LogP contribution in [-0.4, -0.2) is 76.9 Å². The van der Waals surface area contributed by atoms with E-state index in [4.69, 9.17) is 0 Å². The lowest BCUT2D eigenvalue weighted by molar-refractivity contribution is -0.127. The summed E-state index contributed by atoms with van der Waals surface area (Å²) in [5.41, 5.74) is 0.891. The third-order valence-electron chi connectivity index (χ3n) is 5.17. The Morgan fingerprint density at radius 2 is 2.17 bits per heavy atom. The Labute approximate surface area is 137 Å². The van der Waals surface area contributed by atoms with Crippen molar-refractivity contribution in [3.8, 4) is 0 Å². The molecule has 3 rings (SSSR count). The molecule has 2 saturated heterocycles. The molecule has 2 aliphatic rings. The lowest BCUT2D eigenvalue weighted by Gasteiger charge is -2.41. The fourth-order valence-electron chi connectivity index (χ4n) is 3.72. The second-order valence-corrected chi connectivity index (χ2v) is 6.87. The van der Waals surface area contributed by atoms with Crippen LogP contribution in [0.3, 0.4) is 0 Å². The number of carbonyl (C=O) groups is 1. The molecule has 0 aromatic carbocycles. The molecular formula is C16H28N6O. The van der Waals surface area contributed by atoms with Crippen LogP contribution < -0.4 is 5.32 Å². The lowest BCUT2D eigenvalue weighted by Crippen LogP contribution is -2.50. The van der Waals surface area contributed by atoms with Gasteiger partial charge in [-0.05, 0) is 52.4 Å². The summed E-state index contributed by atoms with van der Waals surface area (Å²) in [5.74, 6) is 0.340. The quantitative estimate of drug-likeness (QED) is 0.814. The first-order valence-corrected chi connectivity index (χ1v) is 8.77. The van der Waals surface area contributed by atoms with Gasteiger partial charge in [0.05, 0.1) is 17.8 Å². The molecule has 1 amide bonds. The molecule has 23 heavy (non-hydrogen) atoms. The summed E-state index contributed by atoms with van der Waals surface area (Å²) in [5, 5.41) is 13.4. The molecule has 1 aromatic rings. The molecule has 1 atom stereocenters. The fraction of sp³-hybridized carbons (Fsp3) is 0.812. The van der Waals surface area contributed by atoms with E-state index < -0.39 is 0 Å². The Bertz CT molecular complexity index is 483. The first-order valence-electron chi connectivity index (χ1n) is 8.77. The number of aromatic nitrogens is 3. The van der Waals surface area contributed by atoms with Gasteiger partial charge in [-0.1, -0.05) is 0 Å². The molecule has 2 N–H and O–H groups in total. The van der Waals surface area contributed by atoms with E-state index in [2.05, 4.69) is 37.6 Å². The van der Waals surface area contributed by atoms with E-state index in [1.807, 2.05) is 0 Å². The minimum Gasteiger partial charge on any atom is -0.355 e. The van der Waals surface area contributed by atoms with E-state index in [0.29, 0.717) is 12.6 Å². The van der Waals surface area contributed by atoms with Gasteiger partial charge in [-0.3, -0.25) is 9.69 Å². The summed E-state index contributed by atoms with van der Waals surface area (Å²) >= 11 is 0. The predicted octanol–water partition coefficient (Wildman–Crippen LogP) is 0.270. The molecule has 3 heterocycles. The first-order chi connectivity index (χ1) is 11.2. The van der Waals surface area contributed by atoms with Gasteiger partial charge in [0, 0.05) is 25.6 Å². The second kappa shape index (κ2) is 7.88. The van der Waals surface area contributed by atoms with Crippen molar-refractivity contribution >= 4 is 5.91 Å². The number of rotatable bonds is 5. The van der Waals surface area contributed by atoms with Crippen LogP contribution in [0.2, 0.25) is 0 Å². The van der Waals surface area contributed by atoms with Crippen molar-refractivity contribution in [3.05, 3.63) is 11.9 Å². The van der Waals surface area contributed by atoms with Crippen LogP contribution in [-0.2, 0) is 11.2 Å². The van der Waals surface area contributed by atoms with E-state index in [-0.39, 0.29) is 11.8 Å². The van der Waals surface area contributed by atoms with E-state index >= 15 is 0 Å². The third-order valence-corrected chi connectivity index (χ3v) is 5.17. The fourth-order valence-corrected chi connectivity index (χ4v) is 3.72. The van der Waals surface area contributed by atoms with Crippen molar-refractivity contribution in [2.24, 2.45) is 5.92 Å². The SMILES string of the molecule is CN1CCC(N2CCCC(C(=O)NCCc3cn[nH]n3)C2)CC1. The van der Waals surface area contributed by atoms with Gasteiger partial charge < -0.3 is 10.2 Å². The zero-order chi connectivity index (χ0) is 16.1. The highest BCUT2D eigenvalue weighted by Crippen LogP contribution is 2.23. The summed E-state index contributed by atoms with van der Waals surface area (Å²) in [4.78, 5) is 17.4. The summed E-state index contributed by atoms with van der Waals surface area (Å²) in [6, 6.07) is 0.664. The van der Waals surface area contributed by atoms with Crippen LogP contribution in [0.1, 0.15) is 31.4 Å². The van der Waals surface area contributed by atoms with Crippen LogP contribution >= 0.6 is 0 Å². The smallest absolute Gasteiger partial charge is 0.224 e. The normalized spacial score (nSPS) is 24.7. The molecule has 0 bridgehead atoms. The average Bonchev–Trinajstić information content (AvgIpc) is 3.09. The van der Waals surface area contributed by atoms with Gasteiger partial charge in [0.25, 0.3) is 0 Å². The maximum atomic E-state index is 12.4. The zero-order valence-corrected chi connectivity index (χ0v) is 14.0. The largest absolute Gasteiger partial charge is 0.355 e. The monoisotopic (exact) mass is 320 g/mol. The molecule has 128 valence electrons. The number of aromatic amines is 1. The number of piperidine rings is 2. The highest BCUT2D eigenvalue weighted by molar-refractivity contribution is 5.78. The van der Waals surface area contributed by atoms with Gasteiger partial charge in [0.1, 0.15) is 0 Å². The summed E-state index contributed by atoms with van der Waals surface area (Å²) in [6.07, 6.45) is 7.04. The Balaban J connectivity index is 1.43. The van der Waals surface area contributed by atoms with Gasteiger partial charge in [-0.25, -0.2) is 0 Å². The average molecular weight is 320 g/mol. The molecule has 2 aliphatic heterocycles. The Morgan fingerprint density at radius 1 is 1.35 bits per heavy atom. The minimum absolute atomic E-state index is 0.140. The Morgan fingerprint density at radius 3 is 2.91 bits per heavy atom. The van der Waals surface area contributed by atoms with Crippen LogP contribution in [0.5, 0.6) is 0 Å². The zero-order valence-electron chi connectivity index (χ0n) is 14.0. The van der Waals surface area contributed by atoms with Gasteiger partial charge in [0.2, 0.25) is 5.91 Å². The highest BCUT2D eigenvalue weighted by atomic mass is 16.1. The van der Waals surface area contributed by atoms with E-state index in [1.165, 1.54) is 25.9 Å². The molecule has 1 unspecified atom stereocenters.